The van der Waals surface area contributed by atoms with E-state index in [0.717, 1.165) is 6.42 Å². The van der Waals surface area contributed by atoms with Crippen molar-refractivity contribution in [2.24, 2.45) is 5.16 Å². The molecule has 0 radical (unpaired) electrons. The van der Waals surface area contributed by atoms with Crippen LogP contribution >= 0.6 is 11.6 Å². The zero-order valence-corrected chi connectivity index (χ0v) is 6.35. The number of hydrogen-bond acceptors (Lipinski definition) is 2. The lowest BCUT2D eigenvalue weighted by Gasteiger charge is -1.85. The molecule has 0 atom stereocenters. The Bertz CT molecular complexity index is 120. The smallest absolute Gasteiger partial charge is 0.167 e. The van der Waals surface area contributed by atoms with Gasteiger partial charge in [0, 0.05) is 0 Å². The van der Waals surface area contributed by atoms with Crippen LogP contribution in [0.25, 0.3) is 0 Å². The zero-order chi connectivity index (χ0) is 7.11. The van der Waals surface area contributed by atoms with Crippen molar-refractivity contribution < 1.29 is 4.84 Å². The number of hydrogen-bond donors (Lipinski definition) is 0. The van der Waals surface area contributed by atoms with Crippen LogP contribution < -0.4 is 0 Å². The molecule has 0 aromatic carbocycles. The monoisotopic (exact) mass is 147 g/mol. The first-order chi connectivity index (χ1) is 4.31. The van der Waals surface area contributed by atoms with Gasteiger partial charge in [-0.15, -0.1) is 0 Å². The number of allylic oxidation sites excluding steroid dienone is 2. The van der Waals surface area contributed by atoms with Crippen LogP contribution in [0.5, 0.6) is 0 Å². The van der Waals surface area contributed by atoms with Gasteiger partial charge < -0.3 is 4.84 Å². The third-order valence-corrected chi connectivity index (χ3v) is 0.865. The molecule has 0 saturated heterocycles. The second-order valence-corrected chi connectivity index (χ2v) is 1.79. The summed E-state index contributed by atoms with van der Waals surface area (Å²) in [6.45, 7) is 2.02. The van der Waals surface area contributed by atoms with E-state index in [2.05, 4.69) is 9.99 Å². The number of nitrogens with zero attached hydrogens (tertiary/aromatic N) is 1. The highest BCUT2D eigenvalue weighted by molar-refractivity contribution is 6.68. The van der Waals surface area contributed by atoms with E-state index < -0.39 is 0 Å². The minimum atomic E-state index is 0.374. The molecule has 0 aromatic heterocycles. The van der Waals surface area contributed by atoms with Crippen molar-refractivity contribution in [2.75, 3.05) is 7.11 Å². The fourth-order valence-electron chi connectivity index (χ4n) is 0.333. The first-order valence-corrected chi connectivity index (χ1v) is 3.12. The molecule has 0 aliphatic heterocycles. The molecule has 0 saturated carbocycles. The topological polar surface area (TPSA) is 21.6 Å². The average molecular weight is 148 g/mol. The number of halogens is 1. The molecule has 0 aliphatic rings. The van der Waals surface area contributed by atoms with E-state index in [4.69, 9.17) is 11.6 Å². The van der Waals surface area contributed by atoms with E-state index in [1.54, 1.807) is 6.08 Å². The minimum absolute atomic E-state index is 0.374. The largest absolute Gasteiger partial charge is 0.398 e. The lowest BCUT2D eigenvalue weighted by molar-refractivity contribution is 0.215. The van der Waals surface area contributed by atoms with Crippen LogP contribution in [0.1, 0.15) is 13.3 Å². The van der Waals surface area contributed by atoms with E-state index in [0.29, 0.717) is 5.17 Å². The predicted octanol–water partition coefficient (Wildman–Crippen LogP) is 2.15. The fraction of sp³-hybridized carbons (Fsp3) is 0.500. The third-order valence-electron chi connectivity index (χ3n) is 0.670. The summed E-state index contributed by atoms with van der Waals surface area (Å²) in [6, 6.07) is 0. The van der Waals surface area contributed by atoms with Crippen LogP contribution in [0.4, 0.5) is 0 Å². The van der Waals surface area contributed by atoms with Crippen LogP contribution in [0.2, 0.25) is 0 Å². The summed E-state index contributed by atoms with van der Waals surface area (Å²) in [5.41, 5.74) is 0. The van der Waals surface area contributed by atoms with Gasteiger partial charge in [0.1, 0.15) is 7.11 Å². The number of oxime groups is 1. The lowest BCUT2D eigenvalue weighted by Crippen LogP contribution is -1.79. The van der Waals surface area contributed by atoms with Gasteiger partial charge in [-0.1, -0.05) is 29.8 Å². The summed E-state index contributed by atoms with van der Waals surface area (Å²) in [4.78, 5) is 4.41. The Hall–Kier alpha value is -0.500. The summed E-state index contributed by atoms with van der Waals surface area (Å²) in [5, 5.41) is 3.83. The van der Waals surface area contributed by atoms with E-state index >= 15 is 0 Å². The van der Waals surface area contributed by atoms with Gasteiger partial charge in [-0.3, -0.25) is 0 Å². The average Bonchev–Trinajstić information content (AvgIpc) is 1.85. The zero-order valence-electron chi connectivity index (χ0n) is 5.60. The van der Waals surface area contributed by atoms with E-state index in [-0.39, 0.29) is 0 Å². The maximum absolute atomic E-state index is 5.50. The van der Waals surface area contributed by atoms with Gasteiger partial charge in [0.05, 0.1) is 0 Å². The van der Waals surface area contributed by atoms with Crippen LogP contribution in [-0.4, -0.2) is 12.3 Å². The molecule has 0 amide bonds. The second kappa shape index (κ2) is 5.63. The quantitative estimate of drug-likeness (QED) is 0.443. The van der Waals surface area contributed by atoms with Gasteiger partial charge in [0.2, 0.25) is 0 Å². The highest BCUT2D eigenvalue weighted by Gasteiger charge is 1.82. The van der Waals surface area contributed by atoms with Gasteiger partial charge in [-0.05, 0) is 12.5 Å². The molecule has 9 heavy (non-hydrogen) atoms. The van der Waals surface area contributed by atoms with Gasteiger partial charge in [-0.25, -0.2) is 0 Å². The van der Waals surface area contributed by atoms with Crippen molar-refractivity contribution in [3.05, 3.63) is 12.2 Å². The first-order valence-electron chi connectivity index (χ1n) is 2.74. The Morgan fingerprint density at radius 2 is 2.44 bits per heavy atom. The van der Waals surface area contributed by atoms with Crippen molar-refractivity contribution >= 4 is 16.8 Å². The normalized spacial score (nSPS) is 12.6. The van der Waals surface area contributed by atoms with Crippen molar-refractivity contribution in [3.8, 4) is 0 Å². The summed E-state index contributed by atoms with van der Waals surface area (Å²) in [5.74, 6) is 0. The second-order valence-electron chi connectivity index (χ2n) is 1.41. The molecule has 0 heterocycles. The van der Waals surface area contributed by atoms with Crippen molar-refractivity contribution in [1.29, 1.82) is 0 Å². The Labute approximate surface area is 60.1 Å². The highest BCUT2D eigenvalue weighted by Crippen LogP contribution is 1.90. The molecule has 0 aliphatic carbocycles. The standard InChI is InChI=1S/C6H10ClNO/c1-3-4-5-6(7)8-9-2/h4-5H,3H2,1-2H3/b5-4-,8-6+. The molecular weight excluding hydrogens is 138 g/mol. The van der Waals surface area contributed by atoms with Crippen molar-refractivity contribution in [3.63, 3.8) is 0 Å². The van der Waals surface area contributed by atoms with Gasteiger partial charge in [0.25, 0.3) is 0 Å². The first kappa shape index (κ1) is 8.50. The Morgan fingerprint density at radius 3 is 2.89 bits per heavy atom. The fourth-order valence-corrected chi connectivity index (χ4v) is 0.491. The van der Waals surface area contributed by atoms with Crippen LogP contribution in [-0.2, 0) is 4.84 Å². The summed E-state index contributed by atoms with van der Waals surface area (Å²) in [7, 11) is 1.46. The molecule has 0 rings (SSSR count). The molecule has 52 valence electrons. The number of rotatable bonds is 3. The minimum Gasteiger partial charge on any atom is -0.398 e. The van der Waals surface area contributed by atoms with Crippen LogP contribution in [0.3, 0.4) is 0 Å². The molecular formula is C6H10ClNO. The lowest BCUT2D eigenvalue weighted by atomic mass is 10.4. The Kier molecular flexibility index (Phi) is 5.32. The molecule has 0 unspecified atom stereocenters. The Balaban J connectivity index is 3.60. The molecule has 0 aromatic rings. The van der Waals surface area contributed by atoms with Crippen LogP contribution in [0.15, 0.2) is 17.3 Å². The predicted molar refractivity (Wildman–Crippen MR) is 39.7 cm³/mol. The van der Waals surface area contributed by atoms with Gasteiger partial charge in [-0.2, -0.15) is 0 Å². The van der Waals surface area contributed by atoms with Crippen molar-refractivity contribution in [2.45, 2.75) is 13.3 Å². The van der Waals surface area contributed by atoms with E-state index in [1.165, 1.54) is 7.11 Å². The SMILES string of the molecule is CC/C=C\C(Cl)=N/OC. The van der Waals surface area contributed by atoms with E-state index in [9.17, 15) is 0 Å². The van der Waals surface area contributed by atoms with Gasteiger partial charge >= 0.3 is 0 Å². The molecule has 0 fully saturated rings. The maximum Gasteiger partial charge on any atom is 0.167 e. The molecule has 0 bridgehead atoms. The summed E-state index contributed by atoms with van der Waals surface area (Å²) in [6.07, 6.45) is 4.56. The molecule has 2 nitrogen and oxygen atoms in total. The summed E-state index contributed by atoms with van der Waals surface area (Å²) < 4.78 is 0. The molecule has 0 N–H and O–H groups in total. The third kappa shape index (κ3) is 5.37. The molecule has 3 heteroatoms. The van der Waals surface area contributed by atoms with E-state index in [1.807, 2.05) is 13.0 Å². The highest BCUT2D eigenvalue weighted by atomic mass is 35.5. The maximum atomic E-state index is 5.50. The Morgan fingerprint density at radius 1 is 1.78 bits per heavy atom. The van der Waals surface area contributed by atoms with Crippen LogP contribution in [0, 0.1) is 0 Å². The van der Waals surface area contributed by atoms with Gasteiger partial charge in [0.15, 0.2) is 5.17 Å². The molecule has 0 spiro atoms. The summed E-state index contributed by atoms with van der Waals surface area (Å²) >= 11 is 5.50. The van der Waals surface area contributed by atoms with Crippen molar-refractivity contribution in [1.82, 2.24) is 0 Å².